The first-order chi connectivity index (χ1) is 8.34. The van der Waals surface area contributed by atoms with Crippen molar-refractivity contribution in [1.82, 2.24) is 10.2 Å². The summed E-state index contributed by atoms with van der Waals surface area (Å²) in [6, 6.07) is -0.570. The van der Waals surface area contributed by atoms with E-state index in [-0.39, 0.29) is 11.1 Å². The molecule has 0 spiro atoms. The average molecular weight is 254 g/mol. The lowest BCUT2D eigenvalue weighted by atomic mass is 10.1. The van der Waals surface area contributed by atoms with E-state index in [0.29, 0.717) is 13.1 Å². The lowest BCUT2D eigenvalue weighted by molar-refractivity contribution is -0.133. The van der Waals surface area contributed by atoms with Gasteiger partial charge in [0.15, 0.2) is 0 Å². The maximum Gasteiger partial charge on any atom is 0.331 e. The Morgan fingerprint density at radius 2 is 1.83 bits per heavy atom. The zero-order valence-electron chi connectivity index (χ0n) is 10.8. The third-order valence-electron chi connectivity index (χ3n) is 2.46. The van der Waals surface area contributed by atoms with E-state index in [2.05, 4.69) is 11.9 Å². The Hall–Kier alpha value is -2.11. The van der Waals surface area contributed by atoms with E-state index in [9.17, 15) is 14.4 Å². The van der Waals surface area contributed by atoms with Gasteiger partial charge in [-0.1, -0.05) is 6.08 Å². The van der Waals surface area contributed by atoms with Gasteiger partial charge in [0.25, 0.3) is 5.91 Å². The smallest absolute Gasteiger partial charge is 0.331 e. The summed E-state index contributed by atoms with van der Waals surface area (Å²) in [6.07, 6.45) is 1.54. The molecule has 0 atom stereocenters. The molecule has 6 heteroatoms. The molecule has 18 heavy (non-hydrogen) atoms. The summed E-state index contributed by atoms with van der Waals surface area (Å²) in [4.78, 5) is 35.3. The Balaban J connectivity index is 4.76. The number of urea groups is 1. The molecule has 0 aromatic carbocycles. The Bertz CT molecular complexity index is 399. The number of imide groups is 1. The molecule has 100 valence electrons. The largest absolute Gasteiger partial charge is 0.478 e. The Morgan fingerprint density at radius 3 is 2.22 bits per heavy atom. The van der Waals surface area contributed by atoms with Crippen molar-refractivity contribution in [2.75, 3.05) is 13.1 Å². The number of amides is 3. The third kappa shape index (κ3) is 4.40. The molecule has 0 radical (unpaired) electrons. The number of hydrogen-bond acceptors (Lipinski definition) is 3. The second kappa shape index (κ2) is 7.26. The first-order valence-corrected chi connectivity index (χ1v) is 5.47. The molecule has 0 unspecified atom stereocenters. The number of carbonyl (C=O) groups excluding carboxylic acids is 2. The van der Waals surface area contributed by atoms with Gasteiger partial charge in [-0.05, 0) is 20.8 Å². The molecule has 0 bridgehead atoms. The van der Waals surface area contributed by atoms with Crippen LogP contribution in [0.2, 0.25) is 0 Å². The van der Waals surface area contributed by atoms with Crippen molar-refractivity contribution < 1.29 is 19.5 Å². The van der Waals surface area contributed by atoms with Gasteiger partial charge in [-0.3, -0.25) is 10.1 Å². The fourth-order valence-corrected chi connectivity index (χ4v) is 1.11. The van der Waals surface area contributed by atoms with Crippen molar-refractivity contribution in [2.45, 2.75) is 20.8 Å². The fraction of sp³-hybridized carbons (Fsp3) is 0.417. The zero-order valence-corrected chi connectivity index (χ0v) is 10.8. The molecule has 0 rings (SSSR count). The van der Waals surface area contributed by atoms with Crippen LogP contribution in [0.1, 0.15) is 20.8 Å². The summed E-state index contributed by atoms with van der Waals surface area (Å²) in [6.45, 7) is 8.67. The zero-order chi connectivity index (χ0) is 14.3. The summed E-state index contributed by atoms with van der Waals surface area (Å²) in [5.74, 6) is -1.89. The molecule has 0 saturated carbocycles. The summed E-state index contributed by atoms with van der Waals surface area (Å²) in [7, 11) is 0. The van der Waals surface area contributed by atoms with Crippen molar-refractivity contribution in [3.05, 3.63) is 23.8 Å². The molecular formula is C12H18N2O4. The number of hydrogen-bond donors (Lipinski definition) is 2. The molecule has 0 aliphatic rings. The van der Waals surface area contributed by atoms with Crippen LogP contribution in [0.5, 0.6) is 0 Å². The summed E-state index contributed by atoms with van der Waals surface area (Å²) < 4.78 is 0. The van der Waals surface area contributed by atoms with E-state index >= 15 is 0 Å². The Labute approximate surface area is 106 Å². The van der Waals surface area contributed by atoms with Gasteiger partial charge in [0, 0.05) is 24.2 Å². The molecule has 0 aliphatic carbocycles. The predicted octanol–water partition coefficient (Wildman–Crippen LogP) is 1.15. The number of likely N-dealkylation sites (N-methyl/N-ethyl adjacent to an activating group) is 1. The minimum absolute atomic E-state index is 0.00510. The quantitative estimate of drug-likeness (QED) is 0.569. The molecule has 2 N–H and O–H groups in total. The van der Waals surface area contributed by atoms with Gasteiger partial charge in [0.1, 0.15) is 0 Å². The van der Waals surface area contributed by atoms with Crippen molar-refractivity contribution in [2.24, 2.45) is 0 Å². The molecule has 0 heterocycles. The summed E-state index contributed by atoms with van der Waals surface area (Å²) >= 11 is 0. The molecule has 0 fully saturated rings. The highest BCUT2D eigenvalue weighted by atomic mass is 16.4. The second-order valence-corrected chi connectivity index (χ2v) is 3.64. The van der Waals surface area contributed by atoms with Gasteiger partial charge in [-0.15, -0.1) is 6.58 Å². The van der Waals surface area contributed by atoms with Gasteiger partial charge in [0.05, 0.1) is 0 Å². The molecule has 0 aliphatic heterocycles. The van der Waals surface area contributed by atoms with E-state index in [1.165, 1.54) is 18.7 Å². The highest BCUT2D eigenvalue weighted by molar-refractivity contribution is 6.07. The molecule has 6 nitrogen and oxygen atoms in total. The first-order valence-electron chi connectivity index (χ1n) is 5.47. The van der Waals surface area contributed by atoms with Crippen LogP contribution < -0.4 is 5.32 Å². The second-order valence-electron chi connectivity index (χ2n) is 3.64. The van der Waals surface area contributed by atoms with Gasteiger partial charge in [-0.2, -0.15) is 0 Å². The van der Waals surface area contributed by atoms with Gasteiger partial charge in [0.2, 0.25) is 0 Å². The minimum Gasteiger partial charge on any atom is -0.478 e. The molecular weight excluding hydrogens is 236 g/mol. The maximum atomic E-state index is 11.6. The summed E-state index contributed by atoms with van der Waals surface area (Å²) in [5, 5.41) is 10.9. The SMILES string of the molecule is C=CCN(CC)C(=O)NC(=O)/C(C)=C(/C)C(=O)O. The average Bonchev–Trinajstić information content (AvgIpc) is 2.33. The van der Waals surface area contributed by atoms with Crippen LogP contribution in [0.3, 0.4) is 0 Å². The van der Waals surface area contributed by atoms with Crippen LogP contribution in [0, 0.1) is 0 Å². The maximum absolute atomic E-state index is 11.6. The van der Waals surface area contributed by atoms with Crippen molar-refractivity contribution >= 4 is 17.9 Å². The van der Waals surface area contributed by atoms with Crippen LogP contribution >= 0.6 is 0 Å². The summed E-state index contributed by atoms with van der Waals surface area (Å²) in [5.41, 5.74) is -0.0856. The molecule has 0 saturated heterocycles. The van der Waals surface area contributed by atoms with Crippen LogP contribution in [-0.4, -0.2) is 41.0 Å². The normalized spacial score (nSPS) is 11.3. The van der Waals surface area contributed by atoms with E-state index < -0.39 is 17.9 Å². The number of nitrogens with zero attached hydrogens (tertiary/aromatic N) is 1. The van der Waals surface area contributed by atoms with Crippen LogP contribution in [-0.2, 0) is 9.59 Å². The van der Waals surface area contributed by atoms with E-state index in [0.717, 1.165) is 0 Å². The first kappa shape index (κ1) is 15.9. The standard InChI is InChI=1S/C12H18N2O4/c1-5-7-14(6-2)12(18)13-10(15)8(3)9(4)11(16)17/h5H,1,6-7H2,2-4H3,(H,16,17)(H,13,15,18)/b9-8-. The lowest BCUT2D eigenvalue weighted by Crippen LogP contribution is -2.43. The fourth-order valence-electron chi connectivity index (χ4n) is 1.11. The molecule has 0 aromatic rings. The number of carbonyl (C=O) groups is 3. The minimum atomic E-state index is -1.19. The van der Waals surface area contributed by atoms with E-state index in [1.54, 1.807) is 13.0 Å². The Kier molecular flexibility index (Phi) is 6.41. The monoisotopic (exact) mass is 254 g/mol. The number of rotatable bonds is 5. The Morgan fingerprint density at radius 1 is 1.28 bits per heavy atom. The van der Waals surface area contributed by atoms with Gasteiger partial charge in [-0.25, -0.2) is 9.59 Å². The van der Waals surface area contributed by atoms with Crippen LogP contribution in [0.25, 0.3) is 0 Å². The molecule has 3 amide bonds. The van der Waals surface area contributed by atoms with Crippen molar-refractivity contribution in [3.8, 4) is 0 Å². The van der Waals surface area contributed by atoms with Crippen LogP contribution in [0.4, 0.5) is 4.79 Å². The lowest BCUT2D eigenvalue weighted by Gasteiger charge is -2.19. The molecule has 0 aromatic heterocycles. The van der Waals surface area contributed by atoms with Crippen LogP contribution in [0.15, 0.2) is 23.8 Å². The topological polar surface area (TPSA) is 86.7 Å². The number of carboxylic acid groups (broad SMARTS) is 1. The van der Waals surface area contributed by atoms with Gasteiger partial charge >= 0.3 is 12.0 Å². The van der Waals surface area contributed by atoms with Crippen molar-refractivity contribution in [3.63, 3.8) is 0 Å². The van der Waals surface area contributed by atoms with Gasteiger partial charge < -0.3 is 10.0 Å². The number of nitrogens with one attached hydrogen (secondary N) is 1. The number of carboxylic acids is 1. The van der Waals surface area contributed by atoms with E-state index in [1.807, 2.05) is 0 Å². The number of aliphatic carboxylic acids is 1. The highest BCUT2D eigenvalue weighted by Gasteiger charge is 2.17. The van der Waals surface area contributed by atoms with Crippen molar-refractivity contribution in [1.29, 1.82) is 0 Å². The van der Waals surface area contributed by atoms with E-state index in [4.69, 9.17) is 5.11 Å². The predicted molar refractivity (Wildman–Crippen MR) is 67.0 cm³/mol. The highest BCUT2D eigenvalue weighted by Crippen LogP contribution is 2.03. The third-order valence-corrected chi connectivity index (χ3v) is 2.46.